The summed E-state index contributed by atoms with van der Waals surface area (Å²) < 4.78 is 5.56. The van der Waals surface area contributed by atoms with Crippen LogP contribution >= 0.6 is 0 Å². The minimum Gasteiger partial charge on any atom is -0.462 e. The number of carbonyl (C=O) groups is 1. The number of hydrogen-bond acceptors (Lipinski definition) is 3. The average molecular weight is 363 g/mol. The molecule has 0 aromatic carbocycles. The molecule has 0 aliphatic heterocycles. The van der Waals surface area contributed by atoms with Crippen molar-refractivity contribution in [3.63, 3.8) is 0 Å². The molecule has 3 rings (SSSR count). The van der Waals surface area contributed by atoms with Gasteiger partial charge in [-0.2, -0.15) is 0 Å². The maximum atomic E-state index is 11.5. The second-order valence-electron chi connectivity index (χ2n) is 10.8. The molecule has 0 radical (unpaired) electrons. The van der Waals surface area contributed by atoms with Crippen molar-refractivity contribution >= 4 is 5.97 Å². The highest BCUT2D eigenvalue weighted by molar-refractivity contribution is 5.66. The van der Waals surface area contributed by atoms with Gasteiger partial charge in [0, 0.05) is 18.8 Å². The predicted octanol–water partition coefficient (Wildman–Crippen LogP) is 5.12. The molecular formula is C23H38O3. The molecule has 1 N–H and O–H groups in total. The van der Waals surface area contributed by atoms with Crippen LogP contribution in [0.4, 0.5) is 0 Å². The highest BCUT2D eigenvalue weighted by atomic mass is 16.5. The lowest BCUT2D eigenvalue weighted by atomic mass is 9.44. The van der Waals surface area contributed by atoms with Gasteiger partial charge in [-0.05, 0) is 61.7 Å². The maximum Gasteiger partial charge on any atom is 0.302 e. The van der Waals surface area contributed by atoms with Crippen LogP contribution in [-0.2, 0) is 9.53 Å². The minimum absolute atomic E-state index is 0.0232. The molecular weight excluding hydrogens is 324 g/mol. The van der Waals surface area contributed by atoms with E-state index >= 15 is 0 Å². The van der Waals surface area contributed by atoms with Gasteiger partial charge < -0.3 is 9.84 Å². The molecule has 148 valence electrons. The van der Waals surface area contributed by atoms with Crippen molar-refractivity contribution in [2.75, 3.05) is 0 Å². The third kappa shape index (κ3) is 2.95. The van der Waals surface area contributed by atoms with Gasteiger partial charge in [0.1, 0.15) is 6.10 Å². The highest BCUT2D eigenvalue weighted by Crippen LogP contribution is 2.75. The van der Waals surface area contributed by atoms with Crippen LogP contribution in [0.15, 0.2) is 11.6 Å². The molecule has 3 aliphatic rings. The average Bonchev–Trinajstić information content (AvgIpc) is 2.91. The second-order valence-corrected chi connectivity index (χ2v) is 10.8. The maximum absolute atomic E-state index is 11.5. The second kappa shape index (κ2) is 6.36. The molecule has 0 spiro atoms. The summed E-state index contributed by atoms with van der Waals surface area (Å²) in [7, 11) is 0. The Kier molecular flexibility index (Phi) is 4.87. The van der Waals surface area contributed by atoms with Crippen molar-refractivity contribution in [3.8, 4) is 0 Å². The fraction of sp³-hybridized carbons (Fsp3) is 0.870. The van der Waals surface area contributed by atoms with E-state index in [0.29, 0.717) is 23.7 Å². The van der Waals surface area contributed by atoms with Crippen LogP contribution in [0, 0.1) is 34.5 Å². The Morgan fingerprint density at radius 3 is 2.50 bits per heavy atom. The Hall–Kier alpha value is -0.830. The van der Waals surface area contributed by atoms with Gasteiger partial charge >= 0.3 is 5.97 Å². The normalized spacial score (nSPS) is 45.1. The SMILES string of the molecule is CC(=O)O[C@H]1C[C@@]2(O)[C@@H]([C@@H]1C)[C@@H]1[C@H](/C(C)=C\CCC(C)(C)C)CC[C@@]12C. The Balaban J connectivity index is 1.76. The molecule has 3 heteroatoms. The molecule has 0 saturated heterocycles. The van der Waals surface area contributed by atoms with Crippen molar-refractivity contribution in [1.82, 2.24) is 0 Å². The lowest BCUT2D eigenvalue weighted by Crippen LogP contribution is -2.67. The van der Waals surface area contributed by atoms with E-state index in [-0.39, 0.29) is 29.3 Å². The van der Waals surface area contributed by atoms with E-state index in [2.05, 4.69) is 47.6 Å². The number of aliphatic hydroxyl groups is 1. The Morgan fingerprint density at radius 2 is 1.92 bits per heavy atom. The van der Waals surface area contributed by atoms with Gasteiger partial charge in [-0.1, -0.05) is 46.3 Å². The summed E-state index contributed by atoms with van der Waals surface area (Å²) >= 11 is 0. The molecule has 3 aliphatic carbocycles. The molecule has 0 unspecified atom stereocenters. The first-order chi connectivity index (χ1) is 11.9. The van der Waals surface area contributed by atoms with Crippen molar-refractivity contribution in [2.24, 2.45) is 34.5 Å². The summed E-state index contributed by atoms with van der Waals surface area (Å²) in [6.07, 6.45) is 7.54. The third-order valence-corrected chi connectivity index (χ3v) is 8.00. The molecule has 0 amide bonds. The number of rotatable bonds is 4. The molecule has 0 bridgehead atoms. The van der Waals surface area contributed by atoms with Gasteiger partial charge in [0.2, 0.25) is 0 Å². The minimum atomic E-state index is -0.655. The molecule has 26 heavy (non-hydrogen) atoms. The quantitative estimate of drug-likeness (QED) is 0.557. The summed E-state index contributed by atoms with van der Waals surface area (Å²) in [6.45, 7) is 15.1. The number of fused-ring (bicyclic) bond motifs is 4. The largest absolute Gasteiger partial charge is 0.462 e. The smallest absolute Gasteiger partial charge is 0.302 e. The van der Waals surface area contributed by atoms with Crippen LogP contribution in [0.1, 0.15) is 80.6 Å². The van der Waals surface area contributed by atoms with Crippen molar-refractivity contribution in [2.45, 2.75) is 92.3 Å². The van der Waals surface area contributed by atoms with Crippen LogP contribution in [-0.4, -0.2) is 22.8 Å². The number of hydrogen-bond donors (Lipinski definition) is 1. The van der Waals surface area contributed by atoms with E-state index < -0.39 is 5.60 Å². The van der Waals surface area contributed by atoms with E-state index in [1.165, 1.54) is 25.3 Å². The van der Waals surface area contributed by atoms with Crippen molar-refractivity contribution in [3.05, 3.63) is 11.6 Å². The molecule has 0 aromatic heterocycles. The number of ether oxygens (including phenoxy) is 1. The first kappa shape index (κ1) is 19.9. The zero-order chi connectivity index (χ0) is 19.5. The summed E-state index contributed by atoms with van der Waals surface area (Å²) in [6, 6.07) is 0. The van der Waals surface area contributed by atoms with E-state index in [9.17, 15) is 9.90 Å². The van der Waals surface area contributed by atoms with E-state index in [1.54, 1.807) is 0 Å². The third-order valence-electron chi connectivity index (χ3n) is 8.00. The summed E-state index contributed by atoms with van der Waals surface area (Å²) in [5.74, 6) is 1.37. The molecule has 0 aromatic rings. The first-order valence-electron chi connectivity index (χ1n) is 10.5. The van der Waals surface area contributed by atoms with Gasteiger partial charge in [-0.25, -0.2) is 0 Å². The highest BCUT2D eigenvalue weighted by Gasteiger charge is 2.77. The fourth-order valence-corrected chi connectivity index (χ4v) is 6.59. The Bertz CT molecular complexity index is 601. The zero-order valence-corrected chi connectivity index (χ0v) is 17.8. The predicted molar refractivity (Wildman–Crippen MR) is 105 cm³/mol. The topological polar surface area (TPSA) is 46.5 Å². The van der Waals surface area contributed by atoms with E-state index in [0.717, 1.165) is 12.8 Å². The van der Waals surface area contributed by atoms with Gasteiger partial charge in [0.05, 0.1) is 5.60 Å². The lowest BCUT2D eigenvalue weighted by molar-refractivity contribution is -0.241. The van der Waals surface area contributed by atoms with E-state index in [4.69, 9.17) is 4.74 Å². The van der Waals surface area contributed by atoms with Crippen LogP contribution in [0.25, 0.3) is 0 Å². The van der Waals surface area contributed by atoms with Gasteiger partial charge in [0.15, 0.2) is 0 Å². The molecule has 3 fully saturated rings. The summed E-state index contributed by atoms with van der Waals surface area (Å²) in [5.41, 5.74) is 1.20. The zero-order valence-electron chi connectivity index (χ0n) is 17.8. The Labute approximate surface area is 159 Å². The molecule has 7 atom stereocenters. The van der Waals surface area contributed by atoms with Crippen LogP contribution in [0.5, 0.6) is 0 Å². The summed E-state index contributed by atoms with van der Waals surface area (Å²) in [4.78, 5) is 11.5. The molecule has 3 saturated carbocycles. The van der Waals surface area contributed by atoms with E-state index in [1.807, 2.05) is 0 Å². The monoisotopic (exact) mass is 362 g/mol. The lowest BCUT2D eigenvalue weighted by Gasteiger charge is -2.63. The van der Waals surface area contributed by atoms with Crippen molar-refractivity contribution < 1.29 is 14.6 Å². The van der Waals surface area contributed by atoms with Crippen LogP contribution in [0.3, 0.4) is 0 Å². The van der Waals surface area contributed by atoms with Crippen molar-refractivity contribution in [1.29, 1.82) is 0 Å². The number of esters is 1. The fourth-order valence-electron chi connectivity index (χ4n) is 6.59. The number of allylic oxidation sites excluding steroid dienone is 2. The first-order valence-corrected chi connectivity index (χ1v) is 10.5. The van der Waals surface area contributed by atoms with Crippen LogP contribution in [0.2, 0.25) is 0 Å². The van der Waals surface area contributed by atoms with Gasteiger partial charge in [0.25, 0.3) is 0 Å². The molecule has 0 heterocycles. The Morgan fingerprint density at radius 1 is 1.27 bits per heavy atom. The summed E-state index contributed by atoms with van der Waals surface area (Å²) in [5, 5.41) is 11.5. The van der Waals surface area contributed by atoms with Gasteiger partial charge in [-0.3, -0.25) is 4.79 Å². The number of carbonyl (C=O) groups excluding carboxylic acids is 1. The standard InChI is InChI=1S/C23H38O3/c1-14(9-8-11-21(4,5)6)17-10-12-22(7)20(17)19-15(2)18(26-16(3)24)13-23(19,22)25/h9,15,17-20,25H,8,10-13H2,1-7H3/b14-9-/t15-,17+,18+,19+,20+,22+,23-/m1/s1. The van der Waals surface area contributed by atoms with Crippen LogP contribution < -0.4 is 0 Å². The molecule has 3 nitrogen and oxygen atoms in total. The van der Waals surface area contributed by atoms with Gasteiger partial charge in [-0.15, -0.1) is 0 Å².